The van der Waals surface area contributed by atoms with Crippen molar-refractivity contribution in [3.8, 4) is 80.1 Å². The summed E-state index contributed by atoms with van der Waals surface area (Å²) in [6.07, 6.45) is -18.3. The third kappa shape index (κ3) is 20.8. The summed E-state index contributed by atoms with van der Waals surface area (Å²) in [6, 6.07) is 3.16. The van der Waals surface area contributed by atoms with E-state index in [1.54, 1.807) is 20.8 Å². The number of carbonyl (C=O) groups is 10. The SMILES string of the molecule is COC(=O)[C@H]1O[C@@H](Oc2c3cc4cc2Oc2ccc(cc2Cl)[C@@H](O)[C@@H]2NC(=O)[C@H](NC(=O)[C@@H]4NC(=O)[C@H]4NC(=O)[C@@H](Cc5ccc(cc5)O3)NC(=O)[C@@H](N(C)C(=O)OC(C)(C)C)c3ccc(O)c(c3)Oc3cc(O)c(Cl)c4c3)c3ccc(O)c(c3)-c3c(O[C@H]4O[C@H](CO)[C@@H](O)[C@H](O)[C@@H]4O)cc(O)cc3[C@@H](C(=O)O)NC2=O)[C@H](NC(=O)CCCCCCCC(C)C)[C@@H](O)[C@@H]1O. The van der Waals surface area contributed by atoms with Crippen molar-refractivity contribution in [1.29, 1.82) is 0 Å². The van der Waals surface area contributed by atoms with Gasteiger partial charge in [-0.1, -0.05) is 99.5 Å². The van der Waals surface area contributed by atoms with Crippen molar-refractivity contribution in [1.82, 2.24) is 42.1 Å². The number of nitrogens with one attached hydrogen (secondary N) is 7. The molecule has 8 aliphatic heterocycles. The predicted molar refractivity (Wildman–Crippen MR) is 448 cm³/mol. The molecule has 0 radical (unpaired) electrons. The standard InChI is InChI=1S/C88H96Cl2N8O31/c1-36(2)13-11-9-8-10-12-14-59(104)92-67-71(107)73(109)76(84(119)121-7)128-85(67)127-75-56-29-41-30-57(75)124-53-24-19-40(27-48(53)89)69(105)66-81(115)96-65(83(117)118)46-31-42(100)32-55(125-86-74(110)72(108)70(106)58(35-99)126-86)60(46)45-26-38(17-22-50(45)101)62(78(112)97-66)93-79(113)63(41)94-80(114)64-47-33-44(34-52(103)61(47)90)123-54-28-39(18-23-51(54)102)68(98(6)87(120)129-88(3,4)5)82(116)91-49(77(111)95-64)25-37-15-20-43(122-56)21-16-37/h15-24,26-34,36,49,58,62-74,76,85-86,99-103,105-110H,8-14,25,35H2,1-7H3,(H,91,116)(H,92,104)(H,93,113)(H,94,114)(H,95,111)(H,96,115)(H,97,112)(H,117,118)/t49-,58-,62-,63-,64+,65+,66+,67-,68+,69-,70-,71-,72+,73+,74+,76+,85-,86+/m1/s1. The number of aliphatic hydroxyl groups excluding tert-OH is 7. The van der Waals surface area contributed by atoms with Gasteiger partial charge in [-0.25, -0.2) is 14.4 Å². The second kappa shape index (κ2) is 39.2. The topological polar surface area (TPSA) is 584 Å². The number of methoxy groups -OCH3 is 1. The van der Waals surface area contributed by atoms with Crippen LogP contribution in [0.5, 0.6) is 69.0 Å². The van der Waals surface area contributed by atoms with E-state index in [4.69, 9.17) is 65.8 Å². The number of halogens is 2. The number of unbranched alkanes of at least 4 members (excludes halogenated alkanes) is 4. The molecule has 18 atom stereocenters. The van der Waals surface area contributed by atoms with E-state index in [9.17, 15) is 80.5 Å². The summed E-state index contributed by atoms with van der Waals surface area (Å²) in [5, 5.41) is 155. The molecule has 2 fully saturated rings. The second-order valence-electron chi connectivity index (χ2n) is 33.2. The number of rotatable bonds is 17. The molecule has 7 aromatic carbocycles. The maximum absolute atomic E-state index is 16.8. The lowest BCUT2D eigenvalue weighted by molar-refractivity contribution is -0.277. The Labute approximate surface area is 745 Å². The van der Waals surface area contributed by atoms with Gasteiger partial charge in [-0.15, -0.1) is 0 Å². The number of aliphatic carboxylic acids is 1. The highest BCUT2D eigenvalue weighted by atomic mass is 35.5. The number of hydrogen-bond acceptors (Lipinski definition) is 30. The van der Waals surface area contributed by atoms with Gasteiger partial charge in [-0.2, -0.15) is 0 Å². The number of carboxylic acid groups (broad SMARTS) is 1. The lowest BCUT2D eigenvalue weighted by atomic mass is 9.89. The number of benzene rings is 7. The van der Waals surface area contributed by atoms with Crippen LogP contribution >= 0.6 is 23.2 Å². The van der Waals surface area contributed by atoms with Crippen LogP contribution in [0.4, 0.5) is 4.79 Å². The van der Waals surface area contributed by atoms with Crippen LogP contribution in [0.15, 0.2) is 115 Å². The van der Waals surface area contributed by atoms with Crippen molar-refractivity contribution in [2.24, 2.45) is 5.92 Å². The summed E-state index contributed by atoms with van der Waals surface area (Å²) < 4.78 is 55.2. The number of phenolic OH excluding ortho intramolecular Hbond substituents is 4. The van der Waals surface area contributed by atoms with Crippen molar-refractivity contribution >= 4 is 82.6 Å². The molecule has 17 bridgehead atoms. The summed E-state index contributed by atoms with van der Waals surface area (Å²) in [7, 11) is 2.16. The number of carboxylic acids is 1. The Bertz CT molecular complexity index is 5480. The van der Waals surface area contributed by atoms with E-state index >= 15 is 28.8 Å². The van der Waals surface area contributed by atoms with E-state index in [0.717, 1.165) is 123 Å². The number of hydrogen-bond donors (Lipinski definition) is 19. The third-order valence-corrected chi connectivity index (χ3v) is 23.0. The van der Waals surface area contributed by atoms with Gasteiger partial charge in [0.25, 0.3) is 0 Å². The Hall–Kier alpha value is -12.5. The number of esters is 1. The van der Waals surface area contributed by atoms with Gasteiger partial charge in [-0.3, -0.25) is 38.5 Å². The molecule has 39 nitrogen and oxygen atoms in total. The summed E-state index contributed by atoms with van der Waals surface area (Å²) in [5.74, 6) is -19.3. The second-order valence-corrected chi connectivity index (χ2v) is 34.0. The smallest absolute Gasteiger partial charge is 0.410 e. The minimum atomic E-state index is -2.50. The molecule has 2 saturated heterocycles. The number of amides is 8. The van der Waals surface area contributed by atoms with Gasteiger partial charge in [0.05, 0.1) is 23.8 Å². The Balaban J connectivity index is 1.05. The predicted octanol–water partition coefficient (Wildman–Crippen LogP) is 5.53. The quantitative estimate of drug-likeness (QED) is 0.0393. The molecule has 7 aromatic rings. The Morgan fingerprint density at radius 2 is 1.21 bits per heavy atom. The van der Waals surface area contributed by atoms with E-state index in [1.165, 1.54) is 37.4 Å². The van der Waals surface area contributed by atoms with Gasteiger partial charge in [0.1, 0.15) is 131 Å². The zero-order valence-corrected chi connectivity index (χ0v) is 71.6. The number of aliphatic hydroxyl groups is 7. The molecule has 8 aliphatic rings. The number of carbonyl (C=O) groups excluding carboxylic acids is 9. The van der Waals surface area contributed by atoms with E-state index in [-0.39, 0.29) is 28.9 Å². The molecule has 0 saturated carbocycles. The highest BCUT2D eigenvalue weighted by Gasteiger charge is 2.52. The maximum atomic E-state index is 16.8. The Morgan fingerprint density at radius 1 is 0.574 bits per heavy atom. The molecule has 129 heavy (non-hydrogen) atoms. The molecule has 0 aromatic heterocycles. The van der Waals surface area contributed by atoms with Crippen molar-refractivity contribution in [2.45, 2.75) is 201 Å². The van der Waals surface area contributed by atoms with E-state index in [0.29, 0.717) is 18.8 Å². The van der Waals surface area contributed by atoms with Crippen LogP contribution < -0.4 is 60.9 Å². The first-order valence-electron chi connectivity index (χ1n) is 41.0. The van der Waals surface area contributed by atoms with E-state index in [1.807, 2.05) is 0 Å². The van der Waals surface area contributed by atoms with Crippen LogP contribution in [0, 0.1) is 5.92 Å². The lowest BCUT2D eigenvalue weighted by Gasteiger charge is -2.41. The molecular weight excluding hydrogens is 1740 g/mol. The van der Waals surface area contributed by atoms with Crippen LogP contribution in [-0.4, -0.2) is 225 Å². The first-order valence-corrected chi connectivity index (χ1v) is 41.8. The molecule has 8 amide bonds. The van der Waals surface area contributed by atoms with E-state index < -0.39 is 294 Å². The van der Waals surface area contributed by atoms with Gasteiger partial charge in [0.15, 0.2) is 35.1 Å². The van der Waals surface area contributed by atoms with Crippen LogP contribution in [-0.2, 0) is 68.5 Å². The van der Waals surface area contributed by atoms with Gasteiger partial charge >= 0.3 is 18.0 Å². The van der Waals surface area contributed by atoms with Crippen LogP contribution in [0.1, 0.15) is 155 Å². The number of phenols is 4. The molecule has 688 valence electrons. The minimum absolute atomic E-state index is 0.0528. The Morgan fingerprint density at radius 3 is 1.89 bits per heavy atom. The van der Waals surface area contributed by atoms with Crippen molar-refractivity contribution < 1.29 is 152 Å². The average Bonchev–Trinajstić information content (AvgIpc) is 0.755. The number of nitrogens with zero attached hydrogens (tertiary/aromatic N) is 1. The fourth-order valence-corrected chi connectivity index (χ4v) is 16.1. The summed E-state index contributed by atoms with van der Waals surface area (Å²) in [4.78, 5) is 153. The molecule has 8 heterocycles. The van der Waals surface area contributed by atoms with Crippen LogP contribution in [0.25, 0.3) is 11.1 Å². The molecule has 15 rings (SSSR count). The normalized spacial score (nSPS) is 25.7. The van der Waals surface area contributed by atoms with E-state index in [2.05, 4.69) is 51.1 Å². The maximum Gasteiger partial charge on any atom is 0.410 e. The monoisotopic (exact) mass is 1830 g/mol. The highest BCUT2D eigenvalue weighted by Crippen LogP contribution is 2.51. The van der Waals surface area contributed by atoms with Crippen molar-refractivity contribution in [2.75, 3.05) is 20.8 Å². The summed E-state index contributed by atoms with van der Waals surface area (Å²) >= 11 is 14.3. The summed E-state index contributed by atoms with van der Waals surface area (Å²) in [5.41, 5.74) is -4.86. The molecule has 0 unspecified atom stereocenters. The first-order chi connectivity index (χ1) is 61.2. The van der Waals surface area contributed by atoms with Gasteiger partial charge in [0.2, 0.25) is 59.7 Å². The van der Waals surface area contributed by atoms with Crippen LogP contribution in [0.2, 0.25) is 10.0 Å². The number of ether oxygens (including phenoxy) is 9. The largest absolute Gasteiger partial charge is 0.508 e. The molecule has 0 aliphatic carbocycles. The number of likely N-dealkylation sites (N-methyl/N-ethyl adjacent to an activating group) is 1. The fraction of sp³-hybridized carbons (Fsp3) is 0.409. The fourth-order valence-electron chi connectivity index (χ4n) is 15.6. The zero-order chi connectivity index (χ0) is 93.2. The van der Waals surface area contributed by atoms with Crippen molar-refractivity contribution in [3.05, 3.63) is 164 Å². The first kappa shape index (κ1) is 94.1. The molecule has 0 spiro atoms. The Kier molecular flexibility index (Phi) is 28.6. The number of aromatic hydroxyl groups is 4. The zero-order valence-electron chi connectivity index (χ0n) is 70.1. The van der Waals surface area contributed by atoms with Gasteiger partial charge < -0.3 is 141 Å². The van der Waals surface area contributed by atoms with Crippen molar-refractivity contribution in [3.63, 3.8) is 0 Å². The number of fused-ring (bicyclic) bond motifs is 14. The highest BCUT2D eigenvalue weighted by molar-refractivity contribution is 6.33. The van der Waals surface area contributed by atoms with Gasteiger partial charge in [-0.05, 0) is 134 Å². The van der Waals surface area contributed by atoms with Gasteiger partial charge in [0, 0.05) is 54.3 Å². The minimum Gasteiger partial charge on any atom is -0.508 e. The molecule has 41 heteroatoms. The molecular formula is C88H96Cl2N8O31. The lowest BCUT2D eigenvalue weighted by Crippen LogP contribution is -2.66. The molecule has 19 N–H and O–H groups in total. The summed E-state index contributed by atoms with van der Waals surface area (Å²) in [6.45, 7) is 7.89. The third-order valence-electron chi connectivity index (χ3n) is 22.3. The average molecular weight is 1830 g/mol. The van der Waals surface area contributed by atoms with Crippen LogP contribution in [0.3, 0.4) is 0 Å².